The van der Waals surface area contributed by atoms with Gasteiger partial charge in [-0.05, 0) is 94.7 Å². The molecule has 332 valence electrons. The highest BCUT2D eigenvalue weighted by atomic mass is 16.6. The summed E-state index contributed by atoms with van der Waals surface area (Å²) in [4.78, 5) is 48.2. The van der Waals surface area contributed by atoms with Gasteiger partial charge in [0, 0.05) is 13.0 Å². The minimum Gasteiger partial charge on any atom is -0.393 e. The van der Waals surface area contributed by atoms with E-state index >= 15 is 0 Å². The summed E-state index contributed by atoms with van der Waals surface area (Å²) in [6.45, 7) is 16.3. The second kappa shape index (κ2) is 36.7. The predicted molar refractivity (Wildman–Crippen MR) is 239 cm³/mol. The fourth-order valence-electron chi connectivity index (χ4n) is 7.64. The first-order valence-corrected chi connectivity index (χ1v) is 23.4. The van der Waals surface area contributed by atoms with E-state index in [0.717, 1.165) is 51.7 Å². The molecule has 0 aromatic carbocycles. The van der Waals surface area contributed by atoms with Crippen molar-refractivity contribution in [2.45, 2.75) is 196 Å². The number of likely N-dealkylation sites (tertiary alicyclic amines) is 1. The molecule has 57 heavy (non-hydrogen) atoms. The standard InChI is InChI=1S/C24H44N2O2.C13H20O3.C11H26N2/c1-20(2)18-21(3)14-13-15-22-19-23(27)26(24(22)28)17-12-10-8-6-4-5-7-9-11-16-25;1-9(2)7-10(3)5-4-6-11-8-12(14)16-13(11)15;12-10-8-6-4-2-1-3-5-7-9-11-13/h13-14,20-22H,4-12,15-19,25H2,1-3H3;4-5,9-11H,6-8H2,1-3H3;1-13H2. The van der Waals surface area contributed by atoms with E-state index in [9.17, 15) is 19.2 Å². The van der Waals surface area contributed by atoms with Crippen molar-refractivity contribution in [3.8, 4) is 0 Å². The van der Waals surface area contributed by atoms with Crippen molar-refractivity contribution in [1.29, 1.82) is 0 Å². The quantitative estimate of drug-likeness (QED) is 0.0205. The van der Waals surface area contributed by atoms with Gasteiger partial charge in [0.25, 0.3) is 0 Å². The Labute approximate surface area is 350 Å². The third-order valence-electron chi connectivity index (χ3n) is 10.7. The van der Waals surface area contributed by atoms with Gasteiger partial charge >= 0.3 is 11.9 Å². The van der Waals surface area contributed by atoms with Crippen molar-refractivity contribution in [3.05, 3.63) is 24.3 Å². The zero-order chi connectivity index (χ0) is 42.7. The number of hydrogen-bond donors (Lipinski definition) is 3. The number of rotatable bonds is 31. The van der Waals surface area contributed by atoms with Crippen LogP contribution in [0.25, 0.3) is 0 Å². The smallest absolute Gasteiger partial charge is 0.317 e. The van der Waals surface area contributed by atoms with E-state index < -0.39 is 5.97 Å². The molecule has 2 saturated heterocycles. The van der Waals surface area contributed by atoms with Gasteiger partial charge in [0.1, 0.15) is 0 Å². The molecule has 6 N–H and O–H groups in total. The molecule has 0 bridgehead atoms. The van der Waals surface area contributed by atoms with Crippen molar-refractivity contribution in [2.24, 2.45) is 52.7 Å². The van der Waals surface area contributed by atoms with Gasteiger partial charge in [0.05, 0.1) is 18.3 Å². The van der Waals surface area contributed by atoms with Crippen LogP contribution < -0.4 is 17.2 Å². The fourth-order valence-corrected chi connectivity index (χ4v) is 7.64. The van der Waals surface area contributed by atoms with Crippen LogP contribution >= 0.6 is 0 Å². The summed E-state index contributed by atoms with van der Waals surface area (Å²) in [5.74, 6) is 1.34. The van der Waals surface area contributed by atoms with Crippen molar-refractivity contribution in [3.63, 3.8) is 0 Å². The van der Waals surface area contributed by atoms with E-state index in [1.807, 2.05) is 6.08 Å². The van der Waals surface area contributed by atoms with Crippen LogP contribution in [0.5, 0.6) is 0 Å². The van der Waals surface area contributed by atoms with E-state index in [2.05, 4.69) is 64.5 Å². The number of amides is 2. The Morgan fingerprint density at radius 3 is 1.26 bits per heavy atom. The van der Waals surface area contributed by atoms with Crippen LogP contribution in [0.4, 0.5) is 0 Å². The summed E-state index contributed by atoms with van der Waals surface area (Å²) in [6, 6.07) is 0. The summed E-state index contributed by atoms with van der Waals surface area (Å²) in [5, 5.41) is 0. The zero-order valence-corrected chi connectivity index (χ0v) is 37.8. The van der Waals surface area contributed by atoms with Gasteiger partial charge in [-0.1, -0.05) is 156 Å². The SMILES string of the molecule is CC(C)CC(C)C=CCC1CC(=O)N(CCCCCCCCCCCN)C1=O.CC(C)CC(C)C=CCC1CC(=O)OC1=O.NCCCCCCCCCCCN. The molecule has 0 spiro atoms. The minimum absolute atomic E-state index is 0.0264. The molecule has 2 aliphatic heterocycles. The van der Waals surface area contributed by atoms with Gasteiger partial charge in [0.15, 0.2) is 0 Å². The Morgan fingerprint density at radius 2 is 0.912 bits per heavy atom. The average Bonchev–Trinajstić information content (AvgIpc) is 3.62. The first-order chi connectivity index (χ1) is 27.4. The maximum absolute atomic E-state index is 12.5. The Hall–Kier alpha value is -2.36. The molecule has 2 heterocycles. The second-order valence-corrected chi connectivity index (χ2v) is 17.8. The molecular formula is C48H90N4O5. The molecule has 0 aromatic rings. The number of unbranched alkanes of at least 4 members (excludes halogenated alkanes) is 16. The Kier molecular flexibility index (Phi) is 35.2. The number of ether oxygens (including phenoxy) is 1. The number of nitrogens with two attached hydrogens (primary N) is 3. The average molecular weight is 803 g/mol. The number of carbonyl (C=O) groups excluding carboxylic acids is 4. The highest BCUT2D eigenvalue weighted by Gasteiger charge is 2.37. The van der Waals surface area contributed by atoms with Crippen molar-refractivity contribution < 1.29 is 23.9 Å². The Morgan fingerprint density at radius 1 is 0.544 bits per heavy atom. The lowest BCUT2D eigenvalue weighted by molar-refractivity contribution is -0.153. The monoisotopic (exact) mass is 803 g/mol. The molecule has 0 radical (unpaired) electrons. The van der Waals surface area contributed by atoms with Crippen LogP contribution in [0.2, 0.25) is 0 Å². The molecule has 2 fully saturated rings. The first kappa shape index (κ1) is 54.6. The number of imide groups is 1. The molecule has 9 heteroatoms. The zero-order valence-electron chi connectivity index (χ0n) is 37.8. The molecule has 4 atom stereocenters. The molecule has 0 saturated carbocycles. The molecule has 2 amide bonds. The van der Waals surface area contributed by atoms with E-state index in [1.54, 1.807) is 0 Å². The van der Waals surface area contributed by atoms with E-state index in [0.29, 0.717) is 49.5 Å². The summed E-state index contributed by atoms with van der Waals surface area (Å²) < 4.78 is 4.48. The summed E-state index contributed by atoms with van der Waals surface area (Å²) in [5.41, 5.74) is 16.3. The summed E-state index contributed by atoms with van der Waals surface area (Å²) in [6.07, 6.45) is 35.4. The van der Waals surface area contributed by atoms with E-state index in [-0.39, 0.29) is 36.0 Å². The highest BCUT2D eigenvalue weighted by molar-refractivity contribution is 6.03. The number of nitrogens with zero attached hydrogens (tertiary/aromatic N) is 1. The summed E-state index contributed by atoms with van der Waals surface area (Å²) in [7, 11) is 0. The minimum atomic E-state index is -0.390. The van der Waals surface area contributed by atoms with Gasteiger partial charge in [-0.15, -0.1) is 0 Å². The highest BCUT2D eigenvalue weighted by Crippen LogP contribution is 2.25. The lowest BCUT2D eigenvalue weighted by atomic mass is 9.96. The van der Waals surface area contributed by atoms with Gasteiger partial charge in [-0.3, -0.25) is 24.1 Å². The largest absolute Gasteiger partial charge is 0.393 e. The van der Waals surface area contributed by atoms with E-state index in [1.165, 1.54) is 101 Å². The molecule has 0 aromatic heterocycles. The molecule has 2 rings (SSSR count). The van der Waals surface area contributed by atoms with Gasteiger partial charge in [0.2, 0.25) is 11.8 Å². The predicted octanol–water partition coefficient (Wildman–Crippen LogP) is 10.6. The number of allylic oxidation sites excluding steroid dienone is 4. The topological polar surface area (TPSA) is 159 Å². The number of hydrogen-bond acceptors (Lipinski definition) is 8. The van der Waals surface area contributed by atoms with Gasteiger partial charge in [-0.2, -0.15) is 0 Å². The first-order valence-electron chi connectivity index (χ1n) is 23.4. The summed E-state index contributed by atoms with van der Waals surface area (Å²) >= 11 is 0. The Bertz CT molecular complexity index is 1080. The lowest BCUT2D eigenvalue weighted by Gasteiger charge is -2.14. The lowest BCUT2D eigenvalue weighted by Crippen LogP contribution is -2.31. The van der Waals surface area contributed by atoms with Crippen LogP contribution in [0.3, 0.4) is 0 Å². The molecule has 0 aliphatic carbocycles. The number of esters is 2. The molecule has 9 nitrogen and oxygen atoms in total. The van der Waals surface area contributed by atoms with Crippen LogP contribution in [-0.2, 0) is 23.9 Å². The van der Waals surface area contributed by atoms with Crippen LogP contribution in [0.1, 0.15) is 196 Å². The fraction of sp³-hybridized carbons (Fsp3) is 0.833. The van der Waals surface area contributed by atoms with Crippen LogP contribution in [0, 0.1) is 35.5 Å². The Balaban J connectivity index is 0.000000912. The molecule has 4 unspecified atom stereocenters. The third-order valence-corrected chi connectivity index (χ3v) is 10.7. The van der Waals surface area contributed by atoms with Crippen molar-refractivity contribution >= 4 is 23.8 Å². The van der Waals surface area contributed by atoms with Crippen molar-refractivity contribution in [2.75, 3.05) is 26.2 Å². The number of carbonyl (C=O) groups is 4. The second-order valence-electron chi connectivity index (χ2n) is 17.8. The molecule has 2 aliphatic rings. The normalized spacial score (nSPS) is 18.1. The van der Waals surface area contributed by atoms with Crippen LogP contribution in [-0.4, -0.2) is 54.8 Å². The van der Waals surface area contributed by atoms with Crippen LogP contribution in [0.15, 0.2) is 24.3 Å². The number of cyclic esters (lactones) is 2. The maximum Gasteiger partial charge on any atom is 0.317 e. The molecular weight excluding hydrogens is 713 g/mol. The maximum atomic E-state index is 12.5. The van der Waals surface area contributed by atoms with E-state index in [4.69, 9.17) is 17.2 Å². The van der Waals surface area contributed by atoms with Crippen molar-refractivity contribution in [1.82, 2.24) is 4.90 Å². The van der Waals surface area contributed by atoms with Gasteiger partial charge in [-0.25, -0.2) is 0 Å². The van der Waals surface area contributed by atoms with Gasteiger partial charge < -0.3 is 21.9 Å². The third kappa shape index (κ3) is 31.3.